The number of hydrogen-bond acceptors (Lipinski definition) is 5. The predicted molar refractivity (Wildman–Crippen MR) is 105 cm³/mol. The molecule has 3 atom stereocenters. The van der Waals surface area contributed by atoms with Crippen molar-refractivity contribution in [2.24, 2.45) is 5.92 Å². The Hall–Kier alpha value is -2.79. The third kappa shape index (κ3) is 3.69. The highest BCUT2D eigenvalue weighted by atomic mass is 16.5. The Morgan fingerprint density at radius 3 is 2.44 bits per heavy atom. The second-order valence-electron chi connectivity index (χ2n) is 7.16. The lowest BCUT2D eigenvalue weighted by Gasteiger charge is -2.34. The number of aliphatic hydroxyl groups excluding tert-OH is 1. The molecule has 1 aromatic heterocycles. The molecule has 1 aliphatic rings. The van der Waals surface area contributed by atoms with E-state index in [0.717, 1.165) is 16.7 Å². The highest BCUT2D eigenvalue weighted by molar-refractivity contribution is 5.70. The molecular weight excluding hydrogens is 342 g/mol. The maximum absolute atomic E-state index is 10.7. The van der Waals surface area contributed by atoms with Gasteiger partial charge in [0.15, 0.2) is 0 Å². The normalized spacial score (nSPS) is 22.2. The quantitative estimate of drug-likeness (QED) is 0.707. The summed E-state index contributed by atoms with van der Waals surface area (Å²) < 4.78 is 5.14. The second kappa shape index (κ2) is 7.45. The molecule has 3 rings (SSSR count). The molecule has 1 heterocycles. The fourth-order valence-corrected chi connectivity index (χ4v) is 3.71. The van der Waals surface area contributed by atoms with Crippen LogP contribution in [-0.4, -0.2) is 33.5 Å². The van der Waals surface area contributed by atoms with Gasteiger partial charge in [-0.1, -0.05) is 18.2 Å². The van der Waals surface area contributed by atoms with Gasteiger partial charge in [-0.25, -0.2) is 4.98 Å². The first-order valence-electron chi connectivity index (χ1n) is 8.90. The Morgan fingerprint density at radius 1 is 1.19 bits per heavy atom. The lowest BCUT2D eigenvalue weighted by atomic mass is 9.72. The van der Waals surface area contributed by atoms with Crippen LogP contribution in [0.2, 0.25) is 0 Å². The number of aromatic nitrogens is 1. The molecule has 1 aromatic carbocycles. The lowest BCUT2D eigenvalue weighted by Crippen LogP contribution is -2.26. The SMILES string of the molecule is C=C(C)[C@@H]1C[C@H](O)C(C)=C[C@H]1c1c(O)cc(-c2ccnc(OC)c2)cc1O. The first kappa shape index (κ1) is 19.0. The van der Waals surface area contributed by atoms with Crippen LogP contribution in [0.3, 0.4) is 0 Å². The van der Waals surface area contributed by atoms with E-state index in [1.165, 1.54) is 7.11 Å². The summed E-state index contributed by atoms with van der Waals surface area (Å²) in [5, 5.41) is 31.7. The average Bonchev–Trinajstić information content (AvgIpc) is 2.63. The Labute approximate surface area is 159 Å². The van der Waals surface area contributed by atoms with Crippen molar-refractivity contribution in [3.63, 3.8) is 0 Å². The third-order valence-electron chi connectivity index (χ3n) is 5.26. The first-order chi connectivity index (χ1) is 12.8. The number of phenols is 2. The minimum absolute atomic E-state index is 0.0115. The van der Waals surface area contributed by atoms with E-state index in [0.29, 0.717) is 23.4 Å². The Balaban J connectivity index is 2.08. The van der Waals surface area contributed by atoms with E-state index >= 15 is 0 Å². The van der Waals surface area contributed by atoms with Crippen LogP contribution >= 0.6 is 0 Å². The second-order valence-corrected chi connectivity index (χ2v) is 7.16. The maximum atomic E-state index is 10.7. The smallest absolute Gasteiger partial charge is 0.213 e. The molecule has 3 N–H and O–H groups in total. The zero-order chi connectivity index (χ0) is 19.7. The number of phenolic OH excluding ortho intramolecular Hbond substituents is 2. The Kier molecular flexibility index (Phi) is 5.24. The number of pyridine rings is 1. The van der Waals surface area contributed by atoms with Crippen LogP contribution in [0, 0.1) is 5.92 Å². The van der Waals surface area contributed by atoms with Crippen LogP contribution in [0.5, 0.6) is 17.4 Å². The standard InChI is InChI=1S/C22H25NO4/c1-12(2)16-11-18(24)13(3)7-17(16)22-19(25)8-15(9-20(22)26)14-5-6-23-21(10-14)27-4/h5-10,16-18,24-26H,1,11H2,2-4H3/t16-,17+,18-/m0/s1. The van der Waals surface area contributed by atoms with Gasteiger partial charge in [0.1, 0.15) is 11.5 Å². The summed E-state index contributed by atoms with van der Waals surface area (Å²) in [6, 6.07) is 6.79. The Bertz CT molecular complexity index is 880. The molecule has 142 valence electrons. The first-order valence-corrected chi connectivity index (χ1v) is 8.90. The monoisotopic (exact) mass is 367 g/mol. The van der Waals surface area contributed by atoms with Gasteiger partial charge in [0.25, 0.3) is 0 Å². The topological polar surface area (TPSA) is 82.8 Å². The zero-order valence-corrected chi connectivity index (χ0v) is 15.8. The van der Waals surface area contributed by atoms with Gasteiger partial charge in [0.2, 0.25) is 5.88 Å². The summed E-state index contributed by atoms with van der Waals surface area (Å²) in [6.45, 7) is 7.80. The molecule has 0 spiro atoms. The van der Waals surface area contributed by atoms with Crippen LogP contribution in [0.25, 0.3) is 11.1 Å². The van der Waals surface area contributed by atoms with E-state index < -0.39 is 6.10 Å². The van der Waals surface area contributed by atoms with Gasteiger partial charge in [-0.15, -0.1) is 0 Å². The summed E-state index contributed by atoms with van der Waals surface area (Å²) in [6.07, 6.45) is 3.51. The third-order valence-corrected chi connectivity index (χ3v) is 5.26. The molecule has 5 nitrogen and oxygen atoms in total. The van der Waals surface area contributed by atoms with Gasteiger partial charge in [0, 0.05) is 23.7 Å². The van der Waals surface area contributed by atoms with Crippen LogP contribution in [0.15, 0.2) is 54.3 Å². The molecule has 5 heteroatoms. The fraction of sp³-hybridized carbons (Fsp3) is 0.318. The number of ether oxygens (including phenoxy) is 1. The van der Waals surface area contributed by atoms with Crippen LogP contribution in [0.1, 0.15) is 31.7 Å². The molecule has 1 aliphatic carbocycles. The van der Waals surface area contributed by atoms with Crippen molar-refractivity contribution in [1.82, 2.24) is 4.98 Å². The van der Waals surface area contributed by atoms with Gasteiger partial charge in [-0.2, -0.15) is 0 Å². The predicted octanol–water partition coefficient (Wildman–Crippen LogP) is 4.16. The molecule has 0 aliphatic heterocycles. The van der Waals surface area contributed by atoms with Crippen molar-refractivity contribution in [2.75, 3.05) is 7.11 Å². The molecule has 0 unspecified atom stereocenters. The van der Waals surface area contributed by atoms with E-state index in [9.17, 15) is 15.3 Å². The van der Waals surface area contributed by atoms with Crippen molar-refractivity contribution in [3.05, 3.63) is 59.8 Å². The highest BCUT2D eigenvalue weighted by Gasteiger charge is 2.33. The molecule has 0 radical (unpaired) electrons. The number of hydrogen-bond donors (Lipinski definition) is 3. The van der Waals surface area contributed by atoms with Gasteiger partial charge in [-0.05, 0) is 61.1 Å². The summed E-state index contributed by atoms with van der Waals surface area (Å²) >= 11 is 0. The number of rotatable bonds is 4. The van der Waals surface area contributed by atoms with Crippen molar-refractivity contribution >= 4 is 0 Å². The van der Waals surface area contributed by atoms with E-state index in [4.69, 9.17) is 4.74 Å². The van der Waals surface area contributed by atoms with Gasteiger partial charge >= 0.3 is 0 Å². The fourth-order valence-electron chi connectivity index (χ4n) is 3.71. The zero-order valence-electron chi connectivity index (χ0n) is 15.8. The van der Waals surface area contributed by atoms with Gasteiger partial charge in [0.05, 0.1) is 13.2 Å². The van der Waals surface area contributed by atoms with E-state index in [-0.39, 0.29) is 23.3 Å². The summed E-state index contributed by atoms with van der Waals surface area (Å²) in [5.41, 5.74) is 3.64. The van der Waals surface area contributed by atoms with Crippen molar-refractivity contribution in [2.45, 2.75) is 32.3 Å². The number of allylic oxidation sites excluding steroid dienone is 2. The minimum Gasteiger partial charge on any atom is -0.507 e. The van der Waals surface area contributed by atoms with E-state index in [1.807, 2.05) is 19.9 Å². The summed E-state index contributed by atoms with van der Waals surface area (Å²) in [5.74, 6) is 0.173. The average molecular weight is 367 g/mol. The van der Waals surface area contributed by atoms with Crippen molar-refractivity contribution < 1.29 is 20.1 Å². The van der Waals surface area contributed by atoms with Gasteiger partial charge in [-0.3, -0.25) is 0 Å². The molecule has 0 bridgehead atoms. The molecular formula is C22H25NO4. The number of nitrogens with zero attached hydrogens (tertiary/aromatic N) is 1. The van der Waals surface area contributed by atoms with Crippen LogP contribution in [0.4, 0.5) is 0 Å². The number of benzene rings is 1. The molecule has 0 fully saturated rings. The van der Waals surface area contributed by atoms with E-state index in [1.54, 1.807) is 30.5 Å². The number of aromatic hydroxyl groups is 2. The number of aliphatic hydroxyl groups is 1. The summed E-state index contributed by atoms with van der Waals surface area (Å²) in [7, 11) is 1.54. The largest absolute Gasteiger partial charge is 0.507 e. The van der Waals surface area contributed by atoms with Crippen LogP contribution < -0.4 is 4.74 Å². The molecule has 0 saturated carbocycles. The molecule has 27 heavy (non-hydrogen) atoms. The van der Waals surface area contributed by atoms with Crippen molar-refractivity contribution in [3.8, 4) is 28.5 Å². The van der Waals surface area contributed by atoms with Crippen molar-refractivity contribution in [1.29, 1.82) is 0 Å². The van der Waals surface area contributed by atoms with E-state index in [2.05, 4.69) is 11.6 Å². The number of methoxy groups -OCH3 is 1. The van der Waals surface area contributed by atoms with Gasteiger partial charge < -0.3 is 20.1 Å². The molecule has 0 saturated heterocycles. The highest BCUT2D eigenvalue weighted by Crippen LogP contribution is 2.47. The molecule has 2 aromatic rings. The maximum Gasteiger partial charge on any atom is 0.213 e. The Morgan fingerprint density at radius 2 is 1.85 bits per heavy atom. The minimum atomic E-state index is -0.532. The van der Waals surface area contributed by atoms with Crippen LogP contribution in [-0.2, 0) is 0 Å². The summed E-state index contributed by atoms with van der Waals surface area (Å²) in [4.78, 5) is 4.08. The molecule has 0 amide bonds. The lowest BCUT2D eigenvalue weighted by molar-refractivity contribution is 0.168.